The average molecular weight is 367 g/mol. The molecule has 0 aliphatic rings. The minimum absolute atomic E-state index is 0.860. The normalized spacial score (nSPS) is 11.0. The number of thioether (sulfide) groups is 1. The van der Waals surface area contributed by atoms with Crippen molar-refractivity contribution in [3.8, 4) is 11.1 Å². The lowest BCUT2D eigenvalue weighted by Gasteiger charge is -2.12. The van der Waals surface area contributed by atoms with Crippen molar-refractivity contribution in [2.24, 2.45) is 0 Å². The van der Waals surface area contributed by atoms with Gasteiger partial charge in [-0.3, -0.25) is 4.98 Å². The fourth-order valence-corrected chi connectivity index (χ4v) is 3.65. The number of rotatable bonds is 9. The number of pyridine rings is 1. The van der Waals surface area contributed by atoms with Gasteiger partial charge in [0.15, 0.2) is 5.16 Å². The third-order valence-electron chi connectivity index (χ3n) is 4.22. The molecule has 1 aromatic carbocycles. The van der Waals surface area contributed by atoms with E-state index in [0.29, 0.717) is 0 Å². The minimum atomic E-state index is 0.860. The number of anilines is 1. The summed E-state index contributed by atoms with van der Waals surface area (Å²) in [6.45, 7) is 5.34. The molecule has 0 bridgehead atoms. The van der Waals surface area contributed by atoms with E-state index in [1.54, 1.807) is 18.0 Å². The molecular weight excluding hydrogens is 340 g/mol. The molecule has 0 fully saturated rings. The van der Waals surface area contributed by atoms with E-state index in [-0.39, 0.29) is 0 Å². The number of aromatic nitrogens is 3. The Labute approximate surface area is 159 Å². The number of hydrogen-bond donors (Lipinski definition) is 1. The summed E-state index contributed by atoms with van der Waals surface area (Å²) in [6, 6.07) is 10.4. The van der Waals surface area contributed by atoms with Gasteiger partial charge in [-0.25, -0.2) is 9.97 Å². The van der Waals surface area contributed by atoms with Crippen LogP contribution in [0.1, 0.15) is 39.5 Å². The molecule has 0 saturated heterocycles. The standard InChI is InChI=1S/C21H26N4S/c1-3-5-12-23-20-18-14-16(17-8-7-11-22-15-17)9-10-19(18)24-21(25-20)26-13-6-4-2/h7-11,14-15H,3-6,12-13H2,1-2H3,(H,23,24,25). The summed E-state index contributed by atoms with van der Waals surface area (Å²) < 4.78 is 0. The van der Waals surface area contributed by atoms with Crippen molar-refractivity contribution in [3.05, 3.63) is 42.7 Å². The Morgan fingerprint density at radius 1 is 1.00 bits per heavy atom. The summed E-state index contributed by atoms with van der Waals surface area (Å²) in [5, 5.41) is 5.45. The van der Waals surface area contributed by atoms with Crippen molar-refractivity contribution >= 4 is 28.5 Å². The predicted octanol–water partition coefficient (Wildman–Crippen LogP) is 5.80. The lowest BCUT2D eigenvalue weighted by molar-refractivity contribution is 0.828. The smallest absolute Gasteiger partial charge is 0.190 e. The van der Waals surface area contributed by atoms with Gasteiger partial charge < -0.3 is 5.32 Å². The van der Waals surface area contributed by atoms with Crippen LogP contribution in [0.3, 0.4) is 0 Å². The SMILES string of the molecule is CCCCNc1nc(SCCCC)nc2ccc(-c3cccnc3)cc12. The van der Waals surface area contributed by atoms with E-state index in [1.807, 2.05) is 12.3 Å². The zero-order chi connectivity index (χ0) is 18.2. The molecule has 3 aromatic rings. The van der Waals surface area contributed by atoms with Gasteiger partial charge in [-0.1, -0.05) is 50.6 Å². The molecule has 4 nitrogen and oxygen atoms in total. The van der Waals surface area contributed by atoms with Crippen molar-refractivity contribution < 1.29 is 0 Å². The maximum atomic E-state index is 4.80. The maximum absolute atomic E-state index is 4.80. The first-order valence-electron chi connectivity index (χ1n) is 9.40. The molecule has 0 radical (unpaired) electrons. The molecule has 5 heteroatoms. The lowest BCUT2D eigenvalue weighted by Crippen LogP contribution is -2.05. The fraction of sp³-hybridized carbons (Fsp3) is 0.381. The van der Waals surface area contributed by atoms with Crippen LogP contribution < -0.4 is 5.32 Å². The van der Waals surface area contributed by atoms with E-state index >= 15 is 0 Å². The quantitative estimate of drug-likeness (QED) is 0.295. The molecule has 0 saturated carbocycles. The summed E-state index contributed by atoms with van der Waals surface area (Å²) in [5.41, 5.74) is 3.24. The molecule has 0 amide bonds. The van der Waals surface area contributed by atoms with Crippen molar-refractivity contribution in [2.75, 3.05) is 17.6 Å². The predicted molar refractivity (Wildman–Crippen MR) is 112 cm³/mol. The highest BCUT2D eigenvalue weighted by molar-refractivity contribution is 7.99. The minimum Gasteiger partial charge on any atom is -0.369 e. The van der Waals surface area contributed by atoms with Crippen LogP contribution in [0.2, 0.25) is 0 Å². The molecule has 26 heavy (non-hydrogen) atoms. The van der Waals surface area contributed by atoms with Crippen LogP contribution in [0, 0.1) is 0 Å². The molecule has 3 rings (SSSR count). The Balaban J connectivity index is 1.97. The van der Waals surface area contributed by atoms with E-state index < -0.39 is 0 Å². The largest absolute Gasteiger partial charge is 0.369 e. The highest BCUT2D eigenvalue weighted by atomic mass is 32.2. The van der Waals surface area contributed by atoms with Gasteiger partial charge in [0, 0.05) is 35.6 Å². The third-order valence-corrected chi connectivity index (χ3v) is 5.16. The molecule has 0 atom stereocenters. The Hall–Kier alpha value is -2.14. The highest BCUT2D eigenvalue weighted by Crippen LogP contribution is 2.29. The summed E-state index contributed by atoms with van der Waals surface area (Å²) in [6.07, 6.45) is 8.36. The first-order chi connectivity index (χ1) is 12.8. The zero-order valence-electron chi connectivity index (χ0n) is 15.5. The van der Waals surface area contributed by atoms with Gasteiger partial charge in [0.05, 0.1) is 5.52 Å². The van der Waals surface area contributed by atoms with Crippen LogP contribution in [0.15, 0.2) is 47.9 Å². The molecule has 0 spiro atoms. The highest BCUT2D eigenvalue weighted by Gasteiger charge is 2.10. The van der Waals surface area contributed by atoms with Gasteiger partial charge in [0.25, 0.3) is 0 Å². The Bertz CT molecular complexity index is 836. The van der Waals surface area contributed by atoms with Gasteiger partial charge in [-0.15, -0.1) is 0 Å². The monoisotopic (exact) mass is 366 g/mol. The third kappa shape index (κ3) is 4.73. The van der Waals surface area contributed by atoms with Crippen molar-refractivity contribution in [3.63, 3.8) is 0 Å². The summed E-state index contributed by atoms with van der Waals surface area (Å²) in [5.74, 6) is 2.00. The van der Waals surface area contributed by atoms with Gasteiger partial charge in [0.2, 0.25) is 0 Å². The van der Waals surface area contributed by atoms with Crippen LogP contribution in [-0.4, -0.2) is 27.2 Å². The molecule has 2 aromatic heterocycles. The number of fused-ring (bicyclic) bond motifs is 1. The van der Waals surface area contributed by atoms with Crippen LogP contribution in [0.25, 0.3) is 22.0 Å². The molecule has 136 valence electrons. The first kappa shape index (κ1) is 18.6. The number of nitrogens with zero attached hydrogens (tertiary/aromatic N) is 3. The molecule has 2 heterocycles. The zero-order valence-corrected chi connectivity index (χ0v) is 16.4. The summed E-state index contributed by atoms with van der Waals surface area (Å²) in [4.78, 5) is 13.8. The van der Waals surface area contributed by atoms with Crippen LogP contribution in [0.5, 0.6) is 0 Å². The van der Waals surface area contributed by atoms with Gasteiger partial charge >= 0.3 is 0 Å². The van der Waals surface area contributed by atoms with Gasteiger partial charge in [0.1, 0.15) is 5.82 Å². The van der Waals surface area contributed by atoms with E-state index in [0.717, 1.165) is 58.1 Å². The Morgan fingerprint density at radius 3 is 2.65 bits per heavy atom. The van der Waals surface area contributed by atoms with E-state index in [9.17, 15) is 0 Å². The summed E-state index contributed by atoms with van der Waals surface area (Å²) >= 11 is 1.74. The van der Waals surface area contributed by atoms with E-state index in [1.165, 1.54) is 12.8 Å². The second-order valence-corrected chi connectivity index (χ2v) is 7.37. The molecule has 0 aliphatic heterocycles. The lowest BCUT2D eigenvalue weighted by atomic mass is 10.1. The topological polar surface area (TPSA) is 50.7 Å². The fourth-order valence-electron chi connectivity index (χ4n) is 2.71. The maximum Gasteiger partial charge on any atom is 0.190 e. The van der Waals surface area contributed by atoms with Gasteiger partial charge in [-0.05, 0) is 36.6 Å². The van der Waals surface area contributed by atoms with Crippen LogP contribution in [-0.2, 0) is 0 Å². The van der Waals surface area contributed by atoms with E-state index in [4.69, 9.17) is 9.97 Å². The Kier molecular flexibility index (Phi) is 6.83. The second-order valence-electron chi connectivity index (χ2n) is 6.31. The summed E-state index contributed by atoms with van der Waals surface area (Å²) in [7, 11) is 0. The Morgan fingerprint density at radius 2 is 1.88 bits per heavy atom. The molecule has 0 aliphatic carbocycles. The van der Waals surface area contributed by atoms with Crippen molar-refractivity contribution in [1.82, 2.24) is 15.0 Å². The average Bonchev–Trinajstić information content (AvgIpc) is 2.69. The van der Waals surface area contributed by atoms with Crippen molar-refractivity contribution in [1.29, 1.82) is 0 Å². The molecule has 1 N–H and O–H groups in total. The van der Waals surface area contributed by atoms with Gasteiger partial charge in [-0.2, -0.15) is 0 Å². The first-order valence-corrected chi connectivity index (χ1v) is 10.4. The van der Waals surface area contributed by atoms with Crippen molar-refractivity contribution in [2.45, 2.75) is 44.7 Å². The van der Waals surface area contributed by atoms with Crippen LogP contribution in [0.4, 0.5) is 5.82 Å². The number of benzene rings is 1. The second kappa shape index (κ2) is 9.53. The number of nitrogens with one attached hydrogen (secondary N) is 1. The number of unbranched alkanes of at least 4 members (excludes halogenated alkanes) is 2. The van der Waals surface area contributed by atoms with Crippen LogP contribution >= 0.6 is 11.8 Å². The molecular formula is C21H26N4S. The molecule has 0 unspecified atom stereocenters. The van der Waals surface area contributed by atoms with E-state index in [2.05, 4.69) is 48.4 Å². The number of hydrogen-bond acceptors (Lipinski definition) is 5.